The number of aliphatic carboxylic acids is 1. The molecule has 212 valence electrons. The van der Waals surface area contributed by atoms with Crippen LogP contribution in [0, 0.1) is 0 Å². The summed E-state index contributed by atoms with van der Waals surface area (Å²) >= 11 is 0. The molecule has 0 aliphatic heterocycles. The van der Waals surface area contributed by atoms with Gasteiger partial charge < -0.3 is 30.3 Å². The summed E-state index contributed by atoms with van der Waals surface area (Å²) in [6.45, 7) is 0.280. The minimum Gasteiger partial charge on any atom is -0.481 e. The van der Waals surface area contributed by atoms with Crippen molar-refractivity contribution in [2.24, 2.45) is 0 Å². The number of nitrogens with zero attached hydrogens (tertiary/aromatic N) is 2. The van der Waals surface area contributed by atoms with Crippen molar-refractivity contribution in [3.8, 4) is 5.75 Å². The summed E-state index contributed by atoms with van der Waals surface area (Å²) in [5, 5.41) is 14.0. The van der Waals surface area contributed by atoms with Crippen molar-refractivity contribution in [3.63, 3.8) is 0 Å². The maximum atomic E-state index is 13.4. The highest BCUT2D eigenvalue weighted by atomic mass is 19.4. The van der Waals surface area contributed by atoms with Crippen LogP contribution in [0.1, 0.15) is 48.0 Å². The normalized spacial score (nSPS) is 17.4. The van der Waals surface area contributed by atoms with E-state index in [-0.39, 0.29) is 37.3 Å². The first-order valence-corrected chi connectivity index (χ1v) is 12.6. The van der Waals surface area contributed by atoms with Crippen molar-refractivity contribution in [3.05, 3.63) is 59.7 Å². The van der Waals surface area contributed by atoms with Gasteiger partial charge in [-0.25, -0.2) is 4.79 Å². The number of anilines is 1. The highest BCUT2D eigenvalue weighted by Crippen LogP contribution is 2.28. The molecule has 0 saturated heterocycles. The molecule has 0 unspecified atom stereocenters. The average Bonchev–Trinajstić information content (AvgIpc) is 2.87. The summed E-state index contributed by atoms with van der Waals surface area (Å²) < 4.78 is 41.3. The molecule has 39 heavy (non-hydrogen) atoms. The summed E-state index contributed by atoms with van der Waals surface area (Å²) in [6, 6.07) is 11.7. The molecule has 9 nitrogen and oxygen atoms in total. The van der Waals surface area contributed by atoms with E-state index in [4.69, 9.17) is 5.11 Å². The van der Waals surface area contributed by atoms with Gasteiger partial charge in [-0.3, -0.25) is 9.59 Å². The first kappa shape index (κ1) is 29.8. The van der Waals surface area contributed by atoms with Gasteiger partial charge in [0.25, 0.3) is 5.91 Å². The van der Waals surface area contributed by atoms with Crippen molar-refractivity contribution in [1.29, 1.82) is 0 Å². The number of amides is 3. The molecule has 1 fully saturated rings. The van der Waals surface area contributed by atoms with Gasteiger partial charge in [0.05, 0.1) is 6.42 Å². The predicted octanol–water partition coefficient (Wildman–Crippen LogP) is 4.70. The molecule has 3 N–H and O–H groups in total. The van der Waals surface area contributed by atoms with E-state index in [9.17, 15) is 27.6 Å². The Labute approximate surface area is 224 Å². The molecule has 0 spiro atoms. The van der Waals surface area contributed by atoms with E-state index < -0.39 is 18.2 Å². The number of carboxylic acids is 1. The molecular weight excluding hydrogens is 517 g/mol. The summed E-state index contributed by atoms with van der Waals surface area (Å²) in [5.41, 5.74) is 1.48. The topological polar surface area (TPSA) is 111 Å². The quantitative estimate of drug-likeness (QED) is 0.396. The number of nitrogens with one attached hydrogen (secondary N) is 2. The maximum absolute atomic E-state index is 13.4. The van der Waals surface area contributed by atoms with Crippen LogP contribution in [0.4, 0.5) is 23.7 Å². The smallest absolute Gasteiger partial charge is 0.481 e. The van der Waals surface area contributed by atoms with Crippen LogP contribution in [0.25, 0.3) is 0 Å². The van der Waals surface area contributed by atoms with Gasteiger partial charge in [-0.05, 0) is 81.7 Å². The SMILES string of the molecule is CN(C)C1CCC(N(Cc2ccc(C(=O)NCCC(=O)O)cc2)C(=O)Nc2ccc(OC(F)(F)F)cc2)CC1. The van der Waals surface area contributed by atoms with Gasteiger partial charge in [-0.1, -0.05) is 12.1 Å². The first-order chi connectivity index (χ1) is 18.4. The van der Waals surface area contributed by atoms with E-state index in [1.54, 1.807) is 29.2 Å². The van der Waals surface area contributed by atoms with Crippen LogP contribution in [0.2, 0.25) is 0 Å². The molecule has 0 atom stereocenters. The number of benzene rings is 2. The van der Waals surface area contributed by atoms with Crippen molar-refractivity contribution < 1.29 is 37.4 Å². The number of halogens is 3. The molecule has 1 saturated carbocycles. The third-order valence-electron chi connectivity index (χ3n) is 6.63. The Morgan fingerprint density at radius 2 is 1.54 bits per heavy atom. The van der Waals surface area contributed by atoms with Gasteiger partial charge in [-0.15, -0.1) is 13.2 Å². The molecule has 2 aromatic carbocycles. The molecule has 1 aliphatic carbocycles. The van der Waals surface area contributed by atoms with E-state index in [1.807, 2.05) is 14.1 Å². The lowest BCUT2D eigenvalue weighted by atomic mass is 9.89. The summed E-state index contributed by atoms with van der Waals surface area (Å²) in [4.78, 5) is 40.2. The fourth-order valence-corrected chi connectivity index (χ4v) is 4.53. The molecule has 0 bridgehead atoms. The standard InChI is InChI=1S/C27H33F3N4O5/c1-33(2)21-9-11-22(12-10-21)34(26(38)32-20-7-13-23(14-8-20)39-27(28,29)30)17-18-3-5-19(6-4-18)25(37)31-16-15-24(35)36/h3-8,13-14,21-22H,9-12,15-17H2,1-2H3,(H,31,37)(H,32,38)(H,35,36). The van der Waals surface area contributed by atoms with Crippen molar-refractivity contribution in [1.82, 2.24) is 15.1 Å². The van der Waals surface area contributed by atoms with Crippen molar-refractivity contribution >= 4 is 23.6 Å². The lowest BCUT2D eigenvalue weighted by Crippen LogP contribution is -2.46. The molecule has 0 aromatic heterocycles. The number of alkyl halides is 3. The zero-order valence-corrected chi connectivity index (χ0v) is 21.8. The van der Waals surface area contributed by atoms with Crippen LogP contribution in [0.5, 0.6) is 5.75 Å². The summed E-state index contributed by atoms with van der Waals surface area (Å²) in [6.07, 6.45) is -1.57. The summed E-state index contributed by atoms with van der Waals surface area (Å²) in [7, 11) is 4.06. The second kappa shape index (κ2) is 13.3. The van der Waals surface area contributed by atoms with Crippen LogP contribution in [0.3, 0.4) is 0 Å². The Bertz CT molecular complexity index is 1120. The molecule has 12 heteroatoms. The van der Waals surface area contributed by atoms with Gasteiger partial charge >= 0.3 is 18.4 Å². The van der Waals surface area contributed by atoms with Crippen molar-refractivity contribution in [2.45, 2.75) is 57.1 Å². The Kier molecular flexibility index (Phi) is 10.2. The molecule has 3 amide bonds. The number of ether oxygens (including phenoxy) is 1. The lowest BCUT2D eigenvalue weighted by Gasteiger charge is -2.39. The van der Waals surface area contributed by atoms with E-state index in [0.717, 1.165) is 43.4 Å². The molecule has 2 aromatic rings. The highest BCUT2D eigenvalue weighted by Gasteiger charge is 2.32. The van der Waals surface area contributed by atoms with Gasteiger partial charge in [0.2, 0.25) is 0 Å². The van der Waals surface area contributed by atoms with E-state index >= 15 is 0 Å². The van der Waals surface area contributed by atoms with Gasteiger partial charge in [-0.2, -0.15) is 0 Å². The highest BCUT2D eigenvalue weighted by molar-refractivity contribution is 5.94. The molecule has 0 radical (unpaired) electrons. The Hall–Kier alpha value is -3.80. The zero-order chi connectivity index (χ0) is 28.6. The Balaban J connectivity index is 1.70. The zero-order valence-electron chi connectivity index (χ0n) is 21.8. The third kappa shape index (κ3) is 9.47. The van der Waals surface area contributed by atoms with Gasteiger partial charge in [0, 0.05) is 36.4 Å². The second-order valence-corrected chi connectivity index (χ2v) is 9.65. The van der Waals surface area contributed by atoms with Gasteiger partial charge in [0.15, 0.2) is 0 Å². The summed E-state index contributed by atoms with van der Waals surface area (Å²) in [5.74, 6) is -1.78. The minimum absolute atomic E-state index is 0.0167. The first-order valence-electron chi connectivity index (χ1n) is 12.6. The number of urea groups is 1. The number of hydrogen-bond donors (Lipinski definition) is 3. The Morgan fingerprint density at radius 3 is 2.08 bits per heavy atom. The van der Waals surface area contributed by atoms with E-state index in [1.165, 1.54) is 12.1 Å². The van der Waals surface area contributed by atoms with E-state index in [0.29, 0.717) is 17.3 Å². The van der Waals surface area contributed by atoms with Crippen molar-refractivity contribution in [2.75, 3.05) is 26.0 Å². The number of carbonyl (C=O) groups is 3. The molecule has 1 aliphatic rings. The largest absolute Gasteiger partial charge is 0.573 e. The average molecular weight is 551 g/mol. The van der Waals surface area contributed by atoms with Crippen LogP contribution in [0.15, 0.2) is 48.5 Å². The van der Waals surface area contributed by atoms with E-state index in [2.05, 4.69) is 20.3 Å². The molecule has 3 rings (SSSR count). The number of hydrogen-bond acceptors (Lipinski definition) is 5. The fourth-order valence-electron chi connectivity index (χ4n) is 4.53. The van der Waals surface area contributed by atoms with Crippen LogP contribution in [-0.2, 0) is 11.3 Å². The molecular formula is C27H33F3N4O5. The lowest BCUT2D eigenvalue weighted by molar-refractivity contribution is -0.274. The van der Waals surface area contributed by atoms with Crippen LogP contribution < -0.4 is 15.4 Å². The van der Waals surface area contributed by atoms with Gasteiger partial charge in [0.1, 0.15) is 5.75 Å². The second-order valence-electron chi connectivity index (χ2n) is 9.65. The number of carboxylic acid groups (broad SMARTS) is 1. The molecule has 0 heterocycles. The van der Waals surface area contributed by atoms with Crippen LogP contribution >= 0.6 is 0 Å². The maximum Gasteiger partial charge on any atom is 0.573 e. The predicted molar refractivity (Wildman–Crippen MR) is 138 cm³/mol. The number of rotatable bonds is 10. The Morgan fingerprint density at radius 1 is 0.949 bits per heavy atom. The monoisotopic (exact) mass is 550 g/mol. The van der Waals surface area contributed by atoms with Crippen LogP contribution in [-0.4, -0.2) is 71.9 Å². The minimum atomic E-state index is -4.80. The number of carbonyl (C=O) groups excluding carboxylic acids is 2. The fraction of sp³-hybridized carbons (Fsp3) is 0.444. The third-order valence-corrected chi connectivity index (χ3v) is 6.63.